The molecule has 1 aromatic carbocycles. The predicted molar refractivity (Wildman–Crippen MR) is 68.7 cm³/mol. The summed E-state index contributed by atoms with van der Waals surface area (Å²) in [6, 6.07) is 4.04. The number of aromatic carboxylic acids is 1. The van der Waals surface area contributed by atoms with Crippen molar-refractivity contribution in [2.75, 3.05) is 16.6 Å². The average molecular weight is 290 g/mol. The summed E-state index contributed by atoms with van der Waals surface area (Å²) in [6.45, 7) is 2.15. The van der Waals surface area contributed by atoms with E-state index in [1.54, 1.807) is 0 Å². The molecule has 1 N–H and O–H groups in total. The van der Waals surface area contributed by atoms with Gasteiger partial charge in [-0.25, -0.2) is 13.2 Å². The van der Waals surface area contributed by atoms with E-state index in [0.29, 0.717) is 6.54 Å². The van der Waals surface area contributed by atoms with Crippen LogP contribution < -0.4 is 4.31 Å². The monoisotopic (exact) mass is 289 g/mol. The highest BCUT2D eigenvalue weighted by molar-refractivity contribution is 7.93. The molecule has 0 saturated carbocycles. The van der Waals surface area contributed by atoms with E-state index < -0.39 is 16.0 Å². The molecule has 98 valence electrons. The van der Waals surface area contributed by atoms with Gasteiger partial charge in [-0.05, 0) is 24.1 Å². The van der Waals surface area contributed by atoms with Crippen molar-refractivity contribution in [3.63, 3.8) is 0 Å². The topological polar surface area (TPSA) is 74.7 Å². The van der Waals surface area contributed by atoms with Crippen LogP contribution in [0.4, 0.5) is 5.69 Å². The van der Waals surface area contributed by atoms with Crippen molar-refractivity contribution in [2.24, 2.45) is 5.92 Å². The number of halogens is 1. The number of sulfonamides is 1. The predicted octanol–water partition coefficient (Wildman–Crippen LogP) is 1.82. The molecule has 1 aromatic rings. The molecule has 1 saturated heterocycles. The van der Waals surface area contributed by atoms with Gasteiger partial charge in [0.25, 0.3) is 0 Å². The van der Waals surface area contributed by atoms with Gasteiger partial charge in [-0.15, -0.1) is 0 Å². The number of carboxylic acid groups (broad SMARTS) is 1. The van der Waals surface area contributed by atoms with Crippen molar-refractivity contribution < 1.29 is 18.3 Å². The van der Waals surface area contributed by atoms with Crippen molar-refractivity contribution in [1.29, 1.82) is 0 Å². The number of carbonyl (C=O) groups is 1. The molecule has 1 fully saturated rings. The molecule has 1 aliphatic rings. The molecule has 0 bridgehead atoms. The van der Waals surface area contributed by atoms with Crippen LogP contribution in [0.2, 0.25) is 5.02 Å². The molecule has 1 unspecified atom stereocenters. The van der Waals surface area contributed by atoms with Gasteiger partial charge in [-0.1, -0.05) is 18.5 Å². The lowest BCUT2D eigenvalue weighted by Crippen LogP contribution is -2.25. The molecule has 5 nitrogen and oxygen atoms in total. The maximum Gasteiger partial charge on any atom is 0.335 e. The van der Waals surface area contributed by atoms with Crippen LogP contribution >= 0.6 is 11.6 Å². The van der Waals surface area contributed by atoms with Gasteiger partial charge in [0.15, 0.2) is 0 Å². The van der Waals surface area contributed by atoms with Crippen LogP contribution in [-0.4, -0.2) is 31.8 Å². The zero-order chi connectivity index (χ0) is 13.5. The van der Waals surface area contributed by atoms with E-state index in [1.807, 2.05) is 6.92 Å². The first-order chi connectivity index (χ1) is 8.31. The lowest BCUT2D eigenvalue weighted by Gasteiger charge is -2.18. The molecule has 0 aromatic heterocycles. The van der Waals surface area contributed by atoms with Gasteiger partial charge in [-0.2, -0.15) is 0 Å². The SMILES string of the molecule is CC1CN(c2cc(C(=O)O)ccc2Cl)S(=O)(=O)C1. The summed E-state index contributed by atoms with van der Waals surface area (Å²) >= 11 is 5.96. The van der Waals surface area contributed by atoms with E-state index in [4.69, 9.17) is 16.7 Å². The molecule has 1 aliphatic heterocycles. The van der Waals surface area contributed by atoms with Crippen LogP contribution in [0, 0.1) is 5.92 Å². The average Bonchev–Trinajstić information content (AvgIpc) is 2.52. The summed E-state index contributed by atoms with van der Waals surface area (Å²) in [7, 11) is -3.40. The van der Waals surface area contributed by atoms with Crippen LogP contribution in [0.5, 0.6) is 0 Å². The molecule has 0 spiro atoms. The summed E-state index contributed by atoms with van der Waals surface area (Å²) in [5, 5.41) is 9.15. The minimum absolute atomic E-state index is 0.000416. The van der Waals surface area contributed by atoms with Gasteiger partial charge in [0, 0.05) is 6.54 Å². The quantitative estimate of drug-likeness (QED) is 0.901. The standard InChI is InChI=1S/C11H12ClNO4S/c1-7-5-13(18(16,17)6-7)10-4-8(11(14)15)2-3-9(10)12/h2-4,7H,5-6H2,1H3,(H,14,15). The fourth-order valence-electron chi connectivity index (χ4n) is 1.98. The normalized spacial score (nSPS) is 22.1. The second-order valence-corrected chi connectivity index (χ2v) is 6.73. The Morgan fingerprint density at radius 3 is 2.67 bits per heavy atom. The largest absolute Gasteiger partial charge is 0.478 e. The van der Waals surface area contributed by atoms with Crippen molar-refractivity contribution in [3.05, 3.63) is 28.8 Å². The molecule has 7 heteroatoms. The number of nitrogens with zero attached hydrogens (tertiary/aromatic N) is 1. The van der Waals surface area contributed by atoms with Gasteiger partial charge in [-0.3, -0.25) is 4.31 Å². The molecule has 0 amide bonds. The maximum absolute atomic E-state index is 11.9. The van der Waals surface area contributed by atoms with E-state index in [-0.39, 0.29) is 27.9 Å². The van der Waals surface area contributed by atoms with Gasteiger partial charge >= 0.3 is 5.97 Å². The second-order valence-electron chi connectivity index (χ2n) is 4.39. The zero-order valence-electron chi connectivity index (χ0n) is 9.63. The van der Waals surface area contributed by atoms with E-state index >= 15 is 0 Å². The van der Waals surface area contributed by atoms with Crippen molar-refractivity contribution in [1.82, 2.24) is 0 Å². The van der Waals surface area contributed by atoms with Gasteiger partial charge in [0.2, 0.25) is 10.0 Å². The number of carboxylic acids is 1. The Morgan fingerprint density at radius 2 is 2.17 bits per heavy atom. The molecule has 2 rings (SSSR count). The fraction of sp³-hybridized carbons (Fsp3) is 0.364. The number of benzene rings is 1. The Balaban J connectivity index is 2.51. The minimum Gasteiger partial charge on any atom is -0.478 e. The minimum atomic E-state index is -3.40. The van der Waals surface area contributed by atoms with Gasteiger partial charge < -0.3 is 5.11 Å². The molecular weight excluding hydrogens is 278 g/mol. The molecule has 0 radical (unpaired) electrons. The summed E-state index contributed by atoms with van der Waals surface area (Å²) in [6.07, 6.45) is 0. The second kappa shape index (κ2) is 4.44. The number of hydrogen-bond donors (Lipinski definition) is 1. The first-order valence-electron chi connectivity index (χ1n) is 5.34. The lowest BCUT2D eigenvalue weighted by atomic mass is 10.2. The molecule has 0 aliphatic carbocycles. The van der Waals surface area contributed by atoms with Crippen LogP contribution in [0.3, 0.4) is 0 Å². The van der Waals surface area contributed by atoms with Crippen LogP contribution in [0.1, 0.15) is 17.3 Å². The number of hydrogen-bond acceptors (Lipinski definition) is 3. The van der Waals surface area contributed by atoms with E-state index in [9.17, 15) is 13.2 Å². The molecule has 1 heterocycles. The smallest absolute Gasteiger partial charge is 0.335 e. The highest BCUT2D eigenvalue weighted by Crippen LogP contribution is 2.33. The first-order valence-corrected chi connectivity index (χ1v) is 7.33. The van der Waals surface area contributed by atoms with Crippen LogP contribution in [-0.2, 0) is 10.0 Å². The molecular formula is C11H12ClNO4S. The fourth-order valence-corrected chi connectivity index (χ4v) is 4.19. The van der Waals surface area contributed by atoms with Crippen molar-refractivity contribution >= 4 is 33.3 Å². The Bertz CT molecular complexity index is 599. The van der Waals surface area contributed by atoms with Crippen molar-refractivity contribution in [3.8, 4) is 0 Å². The zero-order valence-corrected chi connectivity index (χ0v) is 11.2. The number of rotatable bonds is 2. The number of anilines is 1. The van der Waals surface area contributed by atoms with Gasteiger partial charge in [0.1, 0.15) is 0 Å². The Morgan fingerprint density at radius 1 is 1.50 bits per heavy atom. The van der Waals surface area contributed by atoms with E-state index in [1.165, 1.54) is 22.5 Å². The summed E-state index contributed by atoms with van der Waals surface area (Å²) in [5.74, 6) is -1.06. The lowest BCUT2D eigenvalue weighted by molar-refractivity contribution is 0.0697. The summed E-state index contributed by atoms with van der Waals surface area (Å²) < 4.78 is 25.0. The highest BCUT2D eigenvalue weighted by atomic mass is 35.5. The van der Waals surface area contributed by atoms with Crippen LogP contribution in [0.15, 0.2) is 18.2 Å². The van der Waals surface area contributed by atoms with Crippen molar-refractivity contribution in [2.45, 2.75) is 6.92 Å². The highest BCUT2D eigenvalue weighted by Gasteiger charge is 2.35. The first kappa shape index (κ1) is 13.2. The molecule has 18 heavy (non-hydrogen) atoms. The summed E-state index contributed by atoms with van der Waals surface area (Å²) in [5.41, 5.74) is 0.255. The van der Waals surface area contributed by atoms with E-state index in [0.717, 1.165) is 0 Å². The maximum atomic E-state index is 11.9. The third-order valence-corrected chi connectivity index (χ3v) is 5.10. The molecule has 1 atom stereocenters. The summed E-state index contributed by atoms with van der Waals surface area (Å²) in [4.78, 5) is 10.9. The Labute approximate surface area is 110 Å². The van der Waals surface area contributed by atoms with Gasteiger partial charge in [0.05, 0.1) is 22.0 Å². The third kappa shape index (κ3) is 2.30. The third-order valence-electron chi connectivity index (χ3n) is 2.77. The Hall–Kier alpha value is -1.27. The van der Waals surface area contributed by atoms with Crippen LogP contribution in [0.25, 0.3) is 0 Å². The van der Waals surface area contributed by atoms with E-state index in [2.05, 4.69) is 0 Å². The Kier molecular flexibility index (Phi) is 3.25.